The summed E-state index contributed by atoms with van der Waals surface area (Å²) in [6.45, 7) is 2.32. The molecule has 84 valence electrons. The zero-order valence-corrected chi connectivity index (χ0v) is 8.81. The molecule has 0 aliphatic carbocycles. The maximum Gasteiger partial charge on any atom is 0.137 e. The standard InChI is InChI=1S/C11H13FN4/c12-11-3-1-10(2-4-11)7-13-5-6-16-9-14-8-15-16/h1-4,8-9,13H,5-7H2. The number of nitrogens with zero attached hydrogens (tertiary/aromatic N) is 3. The van der Waals surface area contributed by atoms with Crippen LogP contribution in [0.1, 0.15) is 5.56 Å². The Morgan fingerprint density at radius 1 is 1.25 bits per heavy atom. The van der Waals surface area contributed by atoms with Gasteiger partial charge >= 0.3 is 0 Å². The van der Waals surface area contributed by atoms with E-state index in [1.165, 1.54) is 18.5 Å². The molecule has 1 heterocycles. The molecule has 0 radical (unpaired) electrons. The summed E-state index contributed by atoms with van der Waals surface area (Å²) in [5, 5.41) is 7.24. The van der Waals surface area contributed by atoms with E-state index in [1.54, 1.807) is 23.1 Å². The van der Waals surface area contributed by atoms with Gasteiger partial charge in [-0.3, -0.25) is 4.68 Å². The van der Waals surface area contributed by atoms with Crippen LogP contribution in [-0.2, 0) is 13.1 Å². The molecule has 0 bridgehead atoms. The minimum atomic E-state index is -0.202. The van der Waals surface area contributed by atoms with Crippen molar-refractivity contribution in [1.29, 1.82) is 0 Å². The van der Waals surface area contributed by atoms with E-state index in [0.717, 1.165) is 25.2 Å². The van der Waals surface area contributed by atoms with Gasteiger partial charge in [0.15, 0.2) is 0 Å². The Kier molecular flexibility index (Phi) is 3.61. The van der Waals surface area contributed by atoms with Crippen LogP contribution in [-0.4, -0.2) is 21.3 Å². The van der Waals surface area contributed by atoms with E-state index >= 15 is 0 Å². The molecule has 5 heteroatoms. The Bertz CT molecular complexity index is 410. The Labute approximate surface area is 93.1 Å². The van der Waals surface area contributed by atoms with Crippen molar-refractivity contribution in [3.05, 3.63) is 48.3 Å². The third kappa shape index (κ3) is 3.13. The number of aromatic nitrogens is 3. The third-order valence-electron chi connectivity index (χ3n) is 2.23. The fourth-order valence-electron chi connectivity index (χ4n) is 1.38. The Hall–Kier alpha value is -1.75. The molecule has 0 saturated heterocycles. The average molecular weight is 220 g/mol. The number of benzene rings is 1. The molecule has 0 spiro atoms. The molecule has 2 rings (SSSR count). The minimum absolute atomic E-state index is 0.202. The molecule has 16 heavy (non-hydrogen) atoms. The van der Waals surface area contributed by atoms with Crippen molar-refractivity contribution in [2.45, 2.75) is 13.1 Å². The second kappa shape index (κ2) is 5.37. The number of rotatable bonds is 5. The first-order chi connectivity index (χ1) is 7.84. The SMILES string of the molecule is Fc1ccc(CNCCn2cncn2)cc1. The van der Waals surface area contributed by atoms with Crippen molar-refractivity contribution < 1.29 is 4.39 Å². The molecule has 4 nitrogen and oxygen atoms in total. The topological polar surface area (TPSA) is 42.7 Å². The lowest BCUT2D eigenvalue weighted by atomic mass is 10.2. The molecule has 0 saturated carbocycles. The summed E-state index contributed by atoms with van der Waals surface area (Å²) in [4.78, 5) is 3.85. The van der Waals surface area contributed by atoms with E-state index in [9.17, 15) is 4.39 Å². The molecule has 0 aliphatic rings. The van der Waals surface area contributed by atoms with Gasteiger partial charge in [-0.2, -0.15) is 5.10 Å². The van der Waals surface area contributed by atoms with Gasteiger partial charge in [-0.1, -0.05) is 12.1 Å². The van der Waals surface area contributed by atoms with Crippen molar-refractivity contribution in [1.82, 2.24) is 20.1 Å². The summed E-state index contributed by atoms with van der Waals surface area (Å²) in [5.41, 5.74) is 1.07. The number of nitrogens with one attached hydrogen (secondary N) is 1. The highest BCUT2D eigenvalue weighted by atomic mass is 19.1. The van der Waals surface area contributed by atoms with Gasteiger partial charge < -0.3 is 5.32 Å². The average Bonchev–Trinajstić information content (AvgIpc) is 2.80. The van der Waals surface area contributed by atoms with Crippen LogP contribution in [0.15, 0.2) is 36.9 Å². The fourth-order valence-corrected chi connectivity index (χ4v) is 1.38. The van der Waals surface area contributed by atoms with Crippen molar-refractivity contribution >= 4 is 0 Å². The normalized spacial score (nSPS) is 10.6. The molecule has 1 aromatic heterocycles. The highest BCUT2D eigenvalue weighted by Gasteiger charge is 1.94. The molecule has 0 fully saturated rings. The largest absolute Gasteiger partial charge is 0.311 e. The van der Waals surface area contributed by atoms with Crippen LogP contribution in [0, 0.1) is 5.82 Å². The van der Waals surface area contributed by atoms with E-state index in [-0.39, 0.29) is 5.82 Å². The Morgan fingerprint density at radius 3 is 2.75 bits per heavy atom. The summed E-state index contributed by atoms with van der Waals surface area (Å²) in [5.74, 6) is -0.202. The molecule has 0 aliphatic heterocycles. The van der Waals surface area contributed by atoms with Gasteiger partial charge in [0.2, 0.25) is 0 Å². The first-order valence-corrected chi connectivity index (χ1v) is 5.12. The van der Waals surface area contributed by atoms with Crippen LogP contribution in [0.2, 0.25) is 0 Å². The van der Waals surface area contributed by atoms with E-state index in [0.29, 0.717) is 0 Å². The number of hydrogen-bond acceptors (Lipinski definition) is 3. The van der Waals surface area contributed by atoms with Crippen molar-refractivity contribution in [2.75, 3.05) is 6.54 Å². The lowest BCUT2D eigenvalue weighted by molar-refractivity contribution is 0.553. The Balaban J connectivity index is 1.70. The minimum Gasteiger partial charge on any atom is -0.311 e. The van der Waals surface area contributed by atoms with Crippen LogP contribution in [0.3, 0.4) is 0 Å². The smallest absolute Gasteiger partial charge is 0.137 e. The van der Waals surface area contributed by atoms with Crippen molar-refractivity contribution in [3.8, 4) is 0 Å². The zero-order chi connectivity index (χ0) is 11.2. The second-order valence-corrected chi connectivity index (χ2v) is 3.46. The highest BCUT2D eigenvalue weighted by Crippen LogP contribution is 2.01. The van der Waals surface area contributed by atoms with Crippen LogP contribution in [0.25, 0.3) is 0 Å². The predicted octanol–water partition coefficient (Wildman–Crippen LogP) is 1.21. The van der Waals surface area contributed by atoms with Crippen molar-refractivity contribution in [3.63, 3.8) is 0 Å². The van der Waals surface area contributed by atoms with Gasteiger partial charge in [-0.15, -0.1) is 0 Å². The van der Waals surface area contributed by atoms with Gasteiger partial charge in [0, 0.05) is 13.1 Å². The van der Waals surface area contributed by atoms with E-state index < -0.39 is 0 Å². The molecule has 0 amide bonds. The second-order valence-electron chi connectivity index (χ2n) is 3.46. The summed E-state index contributed by atoms with van der Waals surface area (Å²) in [6, 6.07) is 6.48. The van der Waals surface area contributed by atoms with Gasteiger partial charge in [0.05, 0.1) is 6.54 Å². The zero-order valence-electron chi connectivity index (χ0n) is 8.81. The van der Waals surface area contributed by atoms with Gasteiger partial charge in [-0.05, 0) is 17.7 Å². The lowest BCUT2D eigenvalue weighted by Gasteiger charge is -2.04. The molecule has 1 N–H and O–H groups in total. The monoisotopic (exact) mass is 220 g/mol. The molecule has 2 aromatic rings. The van der Waals surface area contributed by atoms with Gasteiger partial charge in [-0.25, -0.2) is 9.37 Å². The molecule has 1 aromatic carbocycles. The molecule has 0 unspecified atom stereocenters. The maximum atomic E-state index is 12.6. The van der Waals surface area contributed by atoms with Crippen LogP contribution in [0.5, 0.6) is 0 Å². The van der Waals surface area contributed by atoms with Crippen molar-refractivity contribution in [2.24, 2.45) is 0 Å². The quantitative estimate of drug-likeness (QED) is 0.770. The third-order valence-corrected chi connectivity index (χ3v) is 2.23. The highest BCUT2D eigenvalue weighted by molar-refractivity contribution is 5.15. The van der Waals surface area contributed by atoms with Gasteiger partial charge in [0.25, 0.3) is 0 Å². The molecular weight excluding hydrogens is 207 g/mol. The van der Waals surface area contributed by atoms with E-state index in [4.69, 9.17) is 0 Å². The molecular formula is C11H13FN4. The first kappa shape index (κ1) is 10.8. The van der Waals surface area contributed by atoms with Crippen LogP contribution < -0.4 is 5.32 Å². The van der Waals surface area contributed by atoms with E-state index in [2.05, 4.69) is 15.4 Å². The summed E-state index contributed by atoms with van der Waals surface area (Å²) < 4.78 is 14.4. The van der Waals surface area contributed by atoms with E-state index in [1.807, 2.05) is 0 Å². The summed E-state index contributed by atoms with van der Waals surface area (Å²) in [6.07, 6.45) is 3.19. The van der Waals surface area contributed by atoms with Crippen LogP contribution in [0.4, 0.5) is 4.39 Å². The number of hydrogen-bond donors (Lipinski definition) is 1. The lowest BCUT2D eigenvalue weighted by Crippen LogP contribution is -2.19. The van der Waals surface area contributed by atoms with Gasteiger partial charge in [0.1, 0.15) is 18.5 Å². The number of halogens is 1. The maximum absolute atomic E-state index is 12.6. The van der Waals surface area contributed by atoms with Crippen LogP contribution >= 0.6 is 0 Å². The molecule has 0 atom stereocenters. The summed E-state index contributed by atoms with van der Waals surface area (Å²) >= 11 is 0. The predicted molar refractivity (Wildman–Crippen MR) is 58.1 cm³/mol. The Morgan fingerprint density at radius 2 is 2.06 bits per heavy atom. The fraction of sp³-hybridized carbons (Fsp3) is 0.273. The first-order valence-electron chi connectivity index (χ1n) is 5.12. The summed E-state index contributed by atoms with van der Waals surface area (Å²) in [7, 11) is 0.